The monoisotopic (exact) mass is 333 g/mol. The van der Waals surface area contributed by atoms with Gasteiger partial charge in [0.05, 0.1) is 10.6 Å². The molecule has 2 rings (SSSR count). The van der Waals surface area contributed by atoms with E-state index in [2.05, 4.69) is 0 Å². The van der Waals surface area contributed by atoms with Crippen molar-refractivity contribution >= 4 is 15.8 Å². The highest BCUT2D eigenvalue weighted by molar-refractivity contribution is 7.89. The molecule has 1 aliphatic heterocycles. The summed E-state index contributed by atoms with van der Waals surface area (Å²) in [5, 5.41) is 0. The number of carbonyl (C=O) groups excluding carboxylic acids is 1. The van der Waals surface area contributed by atoms with Crippen LogP contribution in [0.2, 0.25) is 0 Å². The third kappa shape index (κ3) is 4.10. The highest BCUT2D eigenvalue weighted by atomic mass is 32.2. The number of hydrogen-bond donors (Lipinski definition) is 0. The molecule has 0 atom stereocenters. The smallest absolute Gasteiger partial charge is 0.264 e. The molecule has 23 heavy (non-hydrogen) atoms. The van der Waals surface area contributed by atoms with E-state index in [9.17, 15) is 13.2 Å². The van der Waals surface area contributed by atoms with Crippen molar-refractivity contribution in [1.29, 1.82) is 0 Å². The van der Waals surface area contributed by atoms with E-state index >= 15 is 0 Å². The van der Waals surface area contributed by atoms with Gasteiger partial charge in [-0.1, -0.05) is 43.2 Å². The van der Waals surface area contributed by atoms with Gasteiger partial charge in [-0.15, -0.1) is 0 Å². The predicted molar refractivity (Wildman–Crippen MR) is 91.4 cm³/mol. The van der Waals surface area contributed by atoms with Crippen molar-refractivity contribution in [3.05, 3.63) is 53.8 Å². The summed E-state index contributed by atoms with van der Waals surface area (Å²) in [6.07, 6.45) is 8.22. The Balaban J connectivity index is 2.31. The first-order valence-corrected chi connectivity index (χ1v) is 9.41. The zero-order valence-corrected chi connectivity index (χ0v) is 14.5. The number of aryl methyl sites for hydroxylation is 1. The molecular weight excluding hydrogens is 310 g/mol. The predicted octanol–water partition coefficient (Wildman–Crippen LogP) is 3.59. The molecule has 0 bridgehead atoms. The zero-order valence-electron chi connectivity index (χ0n) is 13.7. The molecule has 1 aromatic rings. The van der Waals surface area contributed by atoms with Crippen LogP contribution in [0.3, 0.4) is 0 Å². The Bertz CT molecular complexity index is 715. The molecule has 124 valence electrons. The normalized spacial score (nSPS) is 15.7. The lowest BCUT2D eigenvalue weighted by Gasteiger charge is -2.28. The fraction of sp³-hybridized carbons (Fsp3) is 0.389. The van der Waals surface area contributed by atoms with Gasteiger partial charge in [-0.3, -0.25) is 9.10 Å². The highest BCUT2D eigenvalue weighted by Crippen LogP contribution is 2.25. The van der Waals surface area contributed by atoms with Gasteiger partial charge in [-0.25, -0.2) is 8.42 Å². The lowest BCUT2D eigenvalue weighted by Crippen LogP contribution is -2.36. The quantitative estimate of drug-likeness (QED) is 0.748. The Kier molecular flexibility index (Phi) is 5.77. The van der Waals surface area contributed by atoms with Crippen molar-refractivity contribution in [2.75, 3.05) is 6.54 Å². The molecule has 0 aliphatic carbocycles. The van der Waals surface area contributed by atoms with Crippen LogP contribution in [0.1, 0.15) is 38.2 Å². The van der Waals surface area contributed by atoms with Gasteiger partial charge >= 0.3 is 0 Å². The minimum absolute atomic E-state index is 0.223. The minimum atomic E-state index is -3.69. The Hall–Kier alpha value is -1.88. The third-order valence-electron chi connectivity index (χ3n) is 3.76. The summed E-state index contributed by atoms with van der Waals surface area (Å²) in [5.74, 6) is -0.242. The minimum Gasteiger partial charge on any atom is -0.288 e. The maximum Gasteiger partial charge on any atom is 0.264 e. The number of carbonyl (C=O) groups is 1. The van der Waals surface area contributed by atoms with Crippen molar-refractivity contribution in [3.63, 3.8) is 0 Å². The summed E-state index contributed by atoms with van der Waals surface area (Å²) in [7, 11) is -3.69. The maximum atomic E-state index is 12.9. The zero-order chi connectivity index (χ0) is 16.9. The maximum absolute atomic E-state index is 12.9. The molecule has 1 heterocycles. The summed E-state index contributed by atoms with van der Waals surface area (Å²) in [4.78, 5) is 12.6. The second-order valence-corrected chi connectivity index (χ2v) is 7.54. The van der Waals surface area contributed by atoms with Gasteiger partial charge in [0.15, 0.2) is 0 Å². The summed E-state index contributed by atoms with van der Waals surface area (Å²) in [5.41, 5.74) is 1.26. The number of nitrogens with zero attached hydrogens (tertiary/aromatic N) is 1. The first-order valence-electron chi connectivity index (χ1n) is 7.97. The van der Waals surface area contributed by atoms with Crippen molar-refractivity contribution in [1.82, 2.24) is 4.31 Å². The molecule has 0 radical (unpaired) electrons. The molecule has 0 saturated carbocycles. The van der Waals surface area contributed by atoms with Crippen LogP contribution >= 0.6 is 0 Å². The summed E-state index contributed by atoms with van der Waals surface area (Å²) in [6.45, 7) is 4.28. The molecule has 0 aromatic heterocycles. The largest absolute Gasteiger partial charge is 0.288 e. The number of rotatable bonds is 6. The standard InChI is InChI=1S/C18H23NO3S/c1-3-4-5-9-18(20)17-8-6-7-14-19(17)23(21,22)16-12-10-15(2)11-13-16/h5,8-13H,3-4,6-7,14H2,1-2H3/b9-5+. The van der Waals surface area contributed by atoms with Crippen LogP contribution in [0.15, 0.2) is 53.1 Å². The lowest BCUT2D eigenvalue weighted by atomic mass is 10.1. The molecule has 5 heteroatoms. The van der Waals surface area contributed by atoms with E-state index in [0.717, 1.165) is 31.2 Å². The van der Waals surface area contributed by atoms with Crippen LogP contribution in [0.4, 0.5) is 0 Å². The molecule has 0 unspecified atom stereocenters. The molecule has 0 amide bonds. The second kappa shape index (κ2) is 7.59. The molecule has 0 spiro atoms. The molecule has 1 aromatic carbocycles. The van der Waals surface area contributed by atoms with Gasteiger partial charge < -0.3 is 0 Å². The Labute approximate surface area is 138 Å². The topological polar surface area (TPSA) is 54.5 Å². The number of ketones is 1. The SMILES string of the molecule is CCC/C=C/C(=O)C1=CCCCN1S(=O)(=O)c1ccc(C)cc1. The Morgan fingerprint density at radius 3 is 2.61 bits per heavy atom. The number of benzene rings is 1. The third-order valence-corrected chi connectivity index (χ3v) is 5.59. The fourth-order valence-electron chi connectivity index (χ4n) is 2.45. The summed E-state index contributed by atoms with van der Waals surface area (Å²) >= 11 is 0. The highest BCUT2D eigenvalue weighted by Gasteiger charge is 2.30. The van der Waals surface area contributed by atoms with E-state index in [1.54, 1.807) is 36.4 Å². The van der Waals surface area contributed by atoms with Crippen LogP contribution < -0.4 is 0 Å². The van der Waals surface area contributed by atoms with Crippen molar-refractivity contribution < 1.29 is 13.2 Å². The molecule has 0 fully saturated rings. The number of unbranched alkanes of at least 4 members (excludes halogenated alkanes) is 1. The average molecular weight is 333 g/mol. The van der Waals surface area contributed by atoms with Crippen LogP contribution in [-0.4, -0.2) is 25.1 Å². The number of sulfonamides is 1. The molecule has 4 nitrogen and oxygen atoms in total. The Morgan fingerprint density at radius 2 is 1.96 bits per heavy atom. The first-order chi connectivity index (χ1) is 11.0. The summed E-state index contributed by atoms with van der Waals surface area (Å²) in [6, 6.07) is 6.72. The van der Waals surface area contributed by atoms with Crippen LogP contribution in [0.5, 0.6) is 0 Å². The number of allylic oxidation sites excluding steroid dienone is 3. The molecule has 0 saturated heterocycles. The first kappa shape index (κ1) is 17.5. The van der Waals surface area contributed by atoms with E-state index in [1.165, 1.54) is 10.4 Å². The van der Waals surface area contributed by atoms with E-state index < -0.39 is 10.0 Å². The summed E-state index contributed by atoms with van der Waals surface area (Å²) < 4.78 is 27.0. The van der Waals surface area contributed by atoms with E-state index in [1.807, 2.05) is 13.8 Å². The lowest BCUT2D eigenvalue weighted by molar-refractivity contribution is -0.112. The van der Waals surface area contributed by atoms with Crippen molar-refractivity contribution in [2.24, 2.45) is 0 Å². The van der Waals surface area contributed by atoms with Crippen molar-refractivity contribution in [3.8, 4) is 0 Å². The van der Waals surface area contributed by atoms with Crippen LogP contribution in [0.25, 0.3) is 0 Å². The van der Waals surface area contributed by atoms with E-state index in [0.29, 0.717) is 6.54 Å². The van der Waals surface area contributed by atoms with Crippen molar-refractivity contribution in [2.45, 2.75) is 44.4 Å². The van der Waals surface area contributed by atoms with Crippen LogP contribution in [-0.2, 0) is 14.8 Å². The molecule has 1 aliphatic rings. The second-order valence-electron chi connectivity index (χ2n) is 5.68. The van der Waals surface area contributed by atoms with Gasteiger partial charge in [0.25, 0.3) is 10.0 Å². The van der Waals surface area contributed by atoms with Gasteiger partial charge in [0, 0.05) is 6.54 Å². The molecular formula is C18H23NO3S. The average Bonchev–Trinajstić information content (AvgIpc) is 2.55. The van der Waals surface area contributed by atoms with Gasteiger partial charge in [0.1, 0.15) is 0 Å². The van der Waals surface area contributed by atoms with E-state index in [-0.39, 0.29) is 16.4 Å². The van der Waals surface area contributed by atoms with E-state index in [4.69, 9.17) is 0 Å². The molecule has 0 N–H and O–H groups in total. The fourth-order valence-corrected chi connectivity index (χ4v) is 3.98. The van der Waals surface area contributed by atoms with Gasteiger partial charge in [-0.2, -0.15) is 0 Å². The number of hydrogen-bond acceptors (Lipinski definition) is 3. The van der Waals surface area contributed by atoms with Gasteiger partial charge in [-0.05, 0) is 44.4 Å². The van der Waals surface area contributed by atoms with Gasteiger partial charge in [0.2, 0.25) is 5.78 Å². The van der Waals surface area contributed by atoms with Crippen LogP contribution in [0, 0.1) is 6.92 Å². The Morgan fingerprint density at radius 1 is 1.26 bits per heavy atom.